The Morgan fingerprint density at radius 2 is 1.96 bits per heavy atom. The van der Waals surface area contributed by atoms with Gasteiger partial charge in [-0.2, -0.15) is 5.26 Å². The average molecular weight is 343 g/mol. The minimum atomic E-state index is -0.428. The number of piperidine rings is 1. The molecule has 5 nitrogen and oxygen atoms in total. The third kappa shape index (κ3) is 5.84. The van der Waals surface area contributed by atoms with Crippen molar-refractivity contribution in [2.24, 2.45) is 5.41 Å². The van der Waals surface area contributed by atoms with Gasteiger partial charge in [0, 0.05) is 37.7 Å². The van der Waals surface area contributed by atoms with E-state index in [0.29, 0.717) is 18.4 Å². The van der Waals surface area contributed by atoms with Gasteiger partial charge in [-0.15, -0.1) is 0 Å². The van der Waals surface area contributed by atoms with E-state index in [4.69, 9.17) is 10.4 Å². The van der Waals surface area contributed by atoms with E-state index in [0.717, 1.165) is 32.5 Å². The Balaban J connectivity index is 1.77. The summed E-state index contributed by atoms with van der Waals surface area (Å²) >= 11 is 0. The summed E-state index contributed by atoms with van der Waals surface area (Å²) in [5.74, 6) is 0.0893. The molecule has 1 aliphatic heterocycles. The van der Waals surface area contributed by atoms with Crippen molar-refractivity contribution in [3.63, 3.8) is 0 Å². The molecule has 1 saturated heterocycles. The van der Waals surface area contributed by atoms with Crippen LogP contribution in [0.5, 0.6) is 0 Å². The molecule has 1 fully saturated rings. The average Bonchev–Trinajstić information content (AvgIpc) is 2.62. The van der Waals surface area contributed by atoms with Gasteiger partial charge in [0.15, 0.2) is 0 Å². The van der Waals surface area contributed by atoms with E-state index in [-0.39, 0.29) is 18.6 Å². The molecule has 0 bridgehead atoms. The molecule has 2 rings (SSSR count). The number of nitrogens with one attached hydrogen (secondary N) is 1. The maximum Gasteiger partial charge on any atom is 0.225 e. The molecule has 0 radical (unpaired) electrons. The first-order valence-corrected chi connectivity index (χ1v) is 9.08. The SMILES string of the molecule is CC(C)(CCCO)C(=O)NC1CCN(Cc2ccc(C#N)cc2)CC1. The quantitative estimate of drug-likeness (QED) is 0.797. The number of rotatable bonds is 7. The fourth-order valence-corrected chi connectivity index (χ4v) is 3.19. The van der Waals surface area contributed by atoms with Crippen molar-refractivity contribution in [3.8, 4) is 6.07 Å². The highest BCUT2D eigenvalue weighted by molar-refractivity contribution is 5.82. The number of benzene rings is 1. The minimum Gasteiger partial charge on any atom is -0.396 e. The van der Waals surface area contributed by atoms with Crippen LogP contribution in [0.15, 0.2) is 24.3 Å². The van der Waals surface area contributed by atoms with Gasteiger partial charge in [-0.25, -0.2) is 0 Å². The van der Waals surface area contributed by atoms with Crippen LogP contribution in [0.4, 0.5) is 0 Å². The summed E-state index contributed by atoms with van der Waals surface area (Å²) in [6.07, 6.45) is 3.27. The number of carbonyl (C=O) groups excluding carboxylic acids is 1. The number of hydrogen-bond acceptors (Lipinski definition) is 4. The van der Waals surface area contributed by atoms with Crippen molar-refractivity contribution in [3.05, 3.63) is 35.4 Å². The molecular formula is C20H29N3O2. The molecule has 1 aliphatic rings. The molecule has 0 spiro atoms. The first-order valence-electron chi connectivity index (χ1n) is 9.08. The number of aliphatic hydroxyl groups is 1. The Labute approximate surface area is 150 Å². The van der Waals surface area contributed by atoms with Crippen molar-refractivity contribution in [2.45, 2.75) is 52.1 Å². The van der Waals surface area contributed by atoms with Crippen LogP contribution >= 0.6 is 0 Å². The van der Waals surface area contributed by atoms with Gasteiger partial charge in [-0.3, -0.25) is 9.69 Å². The van der Waals surface area contributed by atoms with E-state index in [1.54, 1.807) is 0 Å². The molecule has 1 heterocycles. The maximum absolute atomic E-state index is 12.4. The summed E-state index contributed by atoms with van der Waals surface area (Å²) in [6, 6.07) is 10.1. The Kier molecular flexibility index (Phi) is 6.98. The van der Waals surface area contributed by atoms with Crippen LogP contribution in [0.2, 0.25) is 0 Å². The minimum absolute atomic E-state index is 0.0893. The molecule has 2 N–H and O–H groups in total. The Hall–Kier alpha value is -1.90. The first kappa shape index (κ1) is 19.4. The second-order valence-corrected chi connectivity index (χ2v) is 7.54. The van der Waals surface area contributed by atoms with Gasteiger partial charge in [0.05, 0.1) is 11.6 Å². The molecule has 0 aliphatic carbocycles. The monoisotopic (exact) mass is 343 g/mol. The van der Waals surface area contributed by atoms with Crippen LogP contribution in [-0.4, -0.2) is 41.7 Å². The highest BCUT2D eigenvalue weighted by Crippen LogP contribution is 2.23. The van der Waals surface area contributed by atoms with Crippen molar-refractivity contribution in [2.75, 3.05) is 19.7 Å². The molecular weight excluding hydrogens is 314 g/mol. The third-order valence-corrected chi connectivity index (χ3v) is 4.99. The zero-order valence-corrected chi connectivity index (χ0v) is 15.3. The molecule has 136 valence electrons. The number of carbonyl (C=O) groups is 1. The van der Waals surface area contributed by atoms with E-state index < -0.39 is 5.41 Å². The van der Waals surface area contributed by atoms with Crippen molar-refractivity contribution >= 4 is 5.91 Å². The zero-order chi connectivity index (χ0) is 18.3. The van der Waals surface area contributed by atoms with Gasteiger partial charge in [-0.1, -0.05) is 26.0 Å². The smallest absolute Gasteiger partial charge is 0.225 e. The van der Waals surface area contributed by atoms with Crippen LogP contribution < -0.4 is 5.32 Å². The standard InChI is InChI=1S/C20H29N3O2/c1-20(2,10-3-13-24)19(25)22-18-8-11-23(12-9-18)15-17-6-4-16(14-21)5-7-17/h4-7,18,24H,3,8-13,15H2,1-2H3,(H,22,25). The third-order valence-electron chi connectivity index (χ3n) is 4.99. The highest BCUT2D eigenvalue weighted by Gasteiger charge is 2.30. The van der Waals surface area contributed by atoms with Gasteiger partial charge >= 0.3 is 0 Å². The molecule has 0 saturated carbocycles. The second-order valence-electron chi connectivity index (χ2n) is 7.54. The fraction of sp³-hybridized carbons (Fsp3) is 0.600. The lowest BCUT2D eigenvalue weighted by atomic mass is 9.86. The number of nitrogens with zero attached hydrogens (tertiary/aromatic N) is 2. The van der Waals surface area contributed by atoms with Gasteiger partial charge in [0.2, 0.25) is 5.91 Å². The number of hydrogen-bond donors (Lipinski definition) is 2. The van der Waals surface area contributed by atoms with Gasteiger partial charge < -0.3 is 10.4 Å². The van der Waals surface area contributed by atoms with E-state index >= 15 is 0 Å². The second kappa shape index (κ2) is 8.98. The summed E-state index contributed by atoms with van der Waals surface area (Å²) < 4.78 is 0. The Bertz CT molecular complexity index is 596. The summed E-state index contributed by atoms with van der Waals surface area (Å²) in [5, 5.41) is 21.0. The van der Waals surface area contributed by atoms with Crippen LogP contribution in [0.3, 0.4) is 0 Å². The highest BCUT2D eigenvalue weighted by atomic mass is 16.3. The maximum atomic E-state index is 12.4. The van der Waals surface area contributed by atoms with E-state index in [1.165, 1.54) is 5.56 Å². The molecule has 1 aromatic carbocycles. The number of likely N-dealkylation sites (tertiary alicyclic amines) is 1. The number of amides is 1. The molecule has 0 aromatic heterocycles. The molecule has 0 unspecified atom stereocenters. The lowest BCUT2D eigenvalue weighted by Crippen LogP contribution is -2.48. The van der Waals surface area contributed by atoms with Crippen molar-refractivity contribution in [1.82, 2.24) is 10.2 Å². The normalized spacial score (nSPS) is 16.4. The van der Waals surface area contributed by atoms with Crippen molar-refractivity contribution < 1.29 is 9.90 Å². The zero-order valence-electron chi connectivity index (χ0n) is 15.3. The largest absolute Gasteiger partial charge is 0.396 e. The molecule has 25 heavy (non-hydrogen) atoms. The van der Waals surface area contributed by atoms with E-state index in [9.17, 15) is 4.79 Å². The molecule has 0 atom stereocenters. The summed E-state index contributed by atoms with van der Waals surface area (Å²) in [4.78, 5) is 14.8. The van der Waals surface area contributed by atoms with Gasteiger partial charge in [0.25, 0.3) is 0 Å². The summed E-state index contributed by atoms with van der Waals surface area (Å²) in [6.45, 7) is 6.82. The predicted molar refractivity (Wildman–Crippen MR) is 97.7 cm³/mol. The molecule has 5 heteroatoms. The van der Waals surface area contributed by atoms with Crippen molar-refractivity contribution in [1.29, 1.82) is 5.26 Å². The predicted octanol–water partition coefficient (Wildman–Crippen LogP) is 2.44. The molecule has 1 aromatic rings. The number of aliphatic hydroxyl groups excluding tert-OH is 1. The number of nitriles is 1. The summed E-state index contributed by atoms with van der Waals surface area (Å²) in [7, 11) is 0. The lowest BCUT2D eigenvalue weighted by Gasteiger charge is -2.34. The Morgan fingerprint density at radius 1 is 1.32 bits per heavy atom. The molecule has 1 amide bonds. The van der Waals surface area contributed by atoms with Crippen LogP contribution in [-0.2, 0) is 11.3 Å². The summed E-state index contributed by atoms with van der Waals surface area (Å²) in [5.41, 5.74) is 1.48. The van der Waals surface area contributed by atoms with Gasteiger partial charge in [-0.05, 0) is 43.4 Å². The lowest BCUT2D eigenvalue weighted by molar-refractivity contribution is -0.130. The van der Waals surface area contributed by atoms with E-state index in [2.05, 4.69) is 16.3 Å². The topological polar surface area (TPSA) is 76.4 Å². The Morgan fingerprint density at radius 3 is 2.52 bits per heavy atom. The van der Waals surface area contributed by atoms with E-state index in [1.807, 2.05) is 38.1 Å². The first-order chi connectivity index (χ1) is 11.9. The van der Waals surface area contributed by atoms with Crippen LogP contribution in [0.25, 0.3) is 0 Å². The fourth-order valence-electron chi connectivity index (χ4n) is 3.19. The van der Waals surface area contributed by atoms with Crippen LogP contribution in [0, 0.1) is 16.7 Å². The van der Waals surface area contributed by atoms with Crippen LogP contribution in [0.1, 0.15) is 50.7 Å². The van der Waals surface area contributed by atoms with Gasteiger partial charge in [0.1, 0.15) is 0 Å².